The maximum Gasteiger partial charge on any atom is 0.308 e. The van der Waals surface area contributed by atoms with E-state index in [2.05, 4.69) is 5.32 Å². The summed E-state index contributed by atoms with van der Waals surface area (Å²) in [4.78, 5) is 23.1. The van der Waals surface area contributed by atoms with Crippen molar-refractivity contribution >= 4 is 11.9 Å². The van der Waals surface area contributed by atoms with Crippen molar-refractivity contribution in [2.45, 2.75) is 31.7 Å². The fraction of sp³-hybridized carbons (Fsp3) is 0.429. The largest absolute Gasteiger partial charge is 0.481 e. The number of carbonyl (C=O) groups is 2. The molecule has 2 N–H and O–H groups in total. The second kappa shape index (κ2) is 5.67. The number of hydrogen-bond acceptors (Lipinski definition) is 2. The molecule has 2 rings (SSSR count). The lowest BCUT2D eigenvalue weighted by Crippen LogP contribution is -2.45. The van der Waals surface area contributed by atoms with Gasteiger partial charge in [-0.1, -0.05) is 31.0 Å². The van der Waals surface area contributed by atoms with E-state index < -0.39 is 11.9 Å². The van der Waals surface area contributed by atoms with Crippen LogP contribution in [0.25, 0.3) is 0 Å². The molecule has 0 saturated heterocycles. The SMILES string of the molecule is O=C(NC1CCCC[C@@H]1C(=O)O)c1ccccc1. The normalized spacial score (nSPS) is 23.3. The molecule has 1 saturated carbocycles. The van der Waals surface area contributed by atoms with Gasteiger partial charge in [0.2, 0.25) is 0 Å². The van der Waals surface area contributed by atoms with E-state index in [0.29, 0.717) is 12.0 Å². The van der Waals surface area contributed by atoms with Crippen LogP contribution in [0.4, 0.5) is 0 Å². The molecule has 0 aliphatic heterocycles. The van der Waals surface area contributed by atoms with Crippen molar-refractivity contribution < 1.29 is 14.7 Å². The molecule has 1 fully saturated rings. The quantitative estimate of drug-likeness (QED) is 0.859. The minimum atomic E-state index is -0.812. The molecular weight excluding hydrogens is 230 g/mol. The number of amides is 1. The van der Waals surface area contributed by atoms with Crippen LogP contribution in [0.1, 0.15) is 36.0 Å². The van der Waals surface area contributed by atoms with E-state index in [-0.39, 0.29) is 11.9 Å². The van der Waals surface area contributed by atoms with E-state index >= 15 is 0 Å². The summed E-state index contributed by atoms with van der Waals surface area (Å²) >= 11 is 0. The third kappa shape index (κ3) is 2.88. The zero-order valence-electron chi connectivity index (χ0n) is 10.1. The van der Waals surface area contributed by atoms with E-state index in [1.807, 2.05) is 6.07 Å². The number of carbonyl (C=O) groups excluding carboxylic acids is 1. The molecule has 1 aliphatic rings. The van der Waals surface area contributed by atoms with Crippen LogP contribution in [0.5, 0.6) is 0 Å². The number of nitrogens with one attached hydrogen (secondary N) is 1. The molecule has 1 unspecified atom stereocenters. The summed E-state index contributed by atoms with van der Waals surface area (Å²) in [6, 6.07) is 8.65. The van der Waals surface area contributed by atoms with Gasteiger partial charge >= 0.3 is 5.97 Å². The topological polar surface area (TPSA) is 66.4 Å². The van der Waals surface area contributed by atoms with Crippen molar-refractivity contribution in [1.29, 1.82) is 0 Å². The van der Waals surface area contributed by atoms with E-state index in [0.717, 1.165) is 19.3 Å². The fourth-order valence-electron chi connectivity index (χ4n) is 2.44. The zero-order valence-corrected chi connectivity index (χ0v) is 10.1. The summed E-state index contributed by atoms with van der Waals surface area (Å²) in [5.41, 5.74) is 0.576. The lowest BCUT2D eigenvalue weighted by Gasteiger charge is -2.29. The first-order valence-corrected chi connectivity index (χ1v) is 6.27. The number of benzene rings is 1. The van der Waals surface area contributed by atoms with Gasteiger partial charge in [0.25, 0.3) is 5.91 Å². The van der Waals surface area contributed by atoms with E-state index in [1.165, 1.54) is 0 Å². The molecule has 96 valence electrons. The second-order valence-corrected chi connectivity index (χ2v) is 4.68. The number of hydrogen-bond donors (Lipinski definition) is 2. The van der Waals surface area contributed by atoms with Gasteiger partial charge in [-0.05, 0) is 25.0 Å². The summed E-state index contributed by atoms with van der Waals surface area (Å²) in [6.07, 6.45) is 3.29. The lowest BCUT2D eigenvalue weighted by molar-refractivity contribution is -0.143. The van der Waals surface area contributed by atoms with Gasteiger partial charge in [-0.25, -0.2) is 0 Å². The highest BCUT2D eigenvalue weighted by molar-refractivity contribution is 5.94. The highest BCUT2D eigenvalue weighted by atomic mass is 16.4. The van der Waals surface area contributed by atoms with Crippen LogP contribution in [-0.4, -0.2) is 23.0 Å². The van der Waals surface area contributed by atoms with Gasteiger partial charge in [0.05, 0.1) is 5.92 Å². The average molecular weight is 247 g/mol. The summed E-state index contributed by atoms with van der Waals surface area (Å²) in [5, 5.41) is 12.0. The highest BCUT2D eigenvalue weighted by Crippen LogP contribution is 2.24. The van der Waals surface area contributed by atoms with Crippen LogP contribution in [0, 0.1) is 5.92 Å². The number of carboxylic acids is 1. The Morgan fingerprint density at radius 3 is 2.44 bits per heavy atom. The van der Waals surface area contributed by atoms with Crippen LogP contribution >= 0.6 is 0 Å². The Kier molecular flexibility index (Phi) is 3.97. The molecule has 0 spiro atoms. The minimum Gasteiger partial charge on any atom is -0.481 e. The van der Waals surface area contributed by atoms with Crippen molar-refractivity contribution in [3.63, 3.8) is 0 Å². The standard InChI is InChI=1S/C14H17NO3/c16-13(10-6-2-1-3-7-10)15-12-9-5-4-8-11(12)14(17)18/h1-3,6-7,11-12H,4-5,8-9H2,(H,15,16)(H,17,18)/t11-,12?/m0/s1. The Morgan fingerprint density at radius 1 is 1.11 bits per heavy atom. The van der Waals surface area contributed by atoms with Gasteiger partial charge in [0.1, 0.15) is 0 Å². The van der Waals surface area contributed by atoms with Crippen molar-refractivity contribution in [3.05, 3.63) is 35.9 Å². The third-order valence-electron chi connectivity index (χ3n) is 3.44. The molecule has 0 bridgehead atoms. The molecule has 18 heavy (non-hydrogen) atoms. The molecule has 4 heteroatoms. The Labute approximate surface area is 106 Å². The molecule has 1 aromatic carbocycles. The van der Waals surface area contributed by atoms with E-state index in [4.69, 9.17) is 5.11 Å². The van der Waals surface area contributed by atoms with E-state index in [9.17, 15) is 9.59 Å². The minimum absolute atomic E-state index is 0.186. The summed E-state index contributed by atoms with van der Waals surface area (Å²) in [6.45, 7) is 0. The van der Waals surface area contributed by atoms with Gasteiger partial charge in [-0.15, -0.1) is 0 Å². The maximum absolute atomic E-state index is 12.0. The van der Waals surface area contributed by atoms with Crippen molar-refractivity contribution in [3.8, 4) is 0 Å². The van der Waals surface area contributed by atoms with Gasteiger partial charge in [0.15, 0.2) is 0 Å². The Balaban J connectivity index is 2.03. The molecule has 0 heterocycles. The number of aliphatic carboxylic acids is 1. The number of rotatable bonds is 3. The predicted molar refractivity (Wildman–Crippen MR) is 67.3 cm³/mol. The molecule has 0 aromatic heterocycles. The van der Waals surface area contributed by atoms with Gasteiger partial charge < -0.3 is 10.4 Å². The van der Waals surface area contributed by atoms with Gasteiger partial charge in [0, 0.05) is 11.6 Å². The Morgan fingerprint density at radius 2 is 1.78 bits per heavy atom. The molecule has 1 aromatic rings. The van der Waals surface area contributed by atoms with Crippen molar-refractivity contribution in [2.24, 2.45) is 5.92 Å². The molecule has 2 atom stereocenters. The smallest absolute Gasteiger partial charge is 0.308 e. The molecular formula is C14H17NO3. The molecule has 1 amide bonds. The van der Waals surface area contributed by atoms with Crippen LogP contribution < -0.4 is 5.32 Å². The maximum atomic E-state index is 12.0. The molecule has 1 aliphatic carbocycles. The third-order valence-corrected chi connectivity index (χ3v) is 3.44. The Hall–Kier alpha value is -1.84. The van der Waals surface area contributed by atoms with Gasteiger partial charge in [-0.3, -0.25) is 9.59 Å². The van der Waals surface area contributed by atoms with Crippen molar-refractivity contribution in [2.75, 3.05) is 0 Å². The van der Waals surface area contributed by atoms with Crippen LogP contribution in [0.15, 0.2) is 30.3 Å². The summed E-state index contributed by atoms with van der Waals surface area (Å²) in [7, 11) is 0. The second-order valence-electron chi connectivity index (χ2n) is 4.68. The predicted octanol–water partition coefficient (Wildman–Crippen LogP) is 2.06. The molecule has 4 nitrogen and oxygen atoms in total. The van der Waals surface area contributed by atoms with E-state index in [1.54, 1.807) is 24.3 Å². The first-order chi connectivity index (χ1) is 8.68. The lowest BCUT2D eigenvalue weighted by atomic mass is 9.84. The summed E-state index contributed by atoms with van der Waals surface area (Å²) in [5.74, 6) is -1.45. The highest BCUT2D eigenvalue weighted by Gasteiger charge is 2.31. The zero-order chi connectivity index (χ0) is 13.0. The first-order valence-electron chi connectivity index (χ1n) is 6.27. The van der Waals surface area contributed by atoms with Crippen LogP contribution in [0.2, 0.25) is 0 Å². The van der Waals surface area contributed by atoms with Crippen LogP contribution in [-0.2, 0) is 4.79 Å². The van der Waals surface area contributed by atoms with Gasteiger partial charge in [-0.2, -0.15) is 0 Å². The molecule has 0 radical (unpaired) electrons. The fourth-order valence-corrected chi connectivity index (χ4v) is 2.44. The average Bonchev–Trinajstić information content (AvgIpc) is 2.40. The number of carboxylic acid groups (broad SMARTS) is 1. The van der Waals surface area contributed by atoms with Crippen molar-refractivity contribution in [1.82, 2.24) is 5.32 Å². The first kappa shape index (κ1) is 12.6. The Bertz CT molecular complexity index is 430. The van der Waals surface area contributed by atoms with Crippen LogP contribution in [0.3, 0.4) is 0 Å². The summed E-state index contributed by atoms with van der Waals surface area (Å²) < 4.78 is 0. The monoisotopic (exact) mass is 247 g/mol.